The molecule has 4 nitrogen and oxygen atoms in total. The lowest BCUT2D eigenvalue weighted by atomic mass is 9.94. The van der Waals surface area contributed by atoms with Crippen LogP contribution >= 0.6 is 0 Å². The first kappa shape index (κ1) is 29.2. The van der Waals surface area contributed by atoms with E-state index in [0.29, 0.717) is 0 Å². The molecule has 0 aliphatic carbocycles. The molecule has 51 heavy (non-hydrogen) atoms. The summed E-state index contributed by atoms with van der Waals surface area (Å²) in [5.41, 5.74) is 9.34. The molecule has 0 saturated heterocycles. The van der Waals surface area contributed by atoms with E-state index in [0.717, 1.165) is 72.6 Å². The summed E-state index contributed by atoms with van der Waals surface area (Å²) in [5, 5.41) is 10.7. The van der Waals surface area contributed by atoms with E-state index in [1.807, 2.05) is 36.4 Å². The molecule has 10 rings (SSSR count). The maximum atomic E-state index is 6.41. The Labute approximate surface area is 295 Å². The lowest BCUT2D eigenvalue weighted by Crippen LogP contribution is -2.36. The third kappa shape index (κ3) is 5.17. The molecule has 0 saturated carbocycles. The number of nitrogens with one attached hydrogen (secondary N) is 1. The van der Waals surface area contributed by atoms with E-state index in [1.54, 1.807) is 0 Å². The second kappa shape index (κ2) is 12.0. The fourth-order valence-electron chi connectivity index (χ4n) is 7.36. The summed E-state index contributed by atoms with van der Waals surface area (Å²) < 4.78 is 6.41. The zero-order chi connectivity index (χ0) is 33.7. The van der Waals surface area contributed by atoms with Gasteiger partial charge < -0.3 is 9.73 Å². The number of fused-ring (bicyclic) bond motifs is 6. The van der Waals surface area contributed by atoms with E-state index in [-0.39, 0.29) is 0 Å². The molecule has 9 aromatic rings. The predicted molar refractivity (Wildman–Crippen MR) is 211 cm³/mol. The Morgan fingerprint density at radius 2 is 1.04 bits per heavy atom. The number of para-hydroxylation sites is 1. The first-order chi connectivity index (χ1) is 25.2. The van der Waals surface area contributed by atoms with Crippen LogP contribution < -0.4 is 5.32 Å². The second-order valence-electron chi connectivity index (χ2n) is 13.0. The highest BCUT2D eigenvalue weighted by Crippen LogP contribution is 2.40. The van der Waals surface area contributed by atoms with Gasteiger partial charge in [0.25, 0.3) is 0 Å². The number of amidine groups is 2. The summed E-state index contributed by atoms with van der Waals surface area (Å²) in [4.78, 5) is 10.4. The van der Waals surface area contributed by atoms with Crippen LogP contribution in [0.25, 0.3) is 65.7 Å². The summed E-state index contributed by atoms with van der Waals surface area (Å²) >= 11 is 0. The summed E-state index contributed by atoms with van der Waals surface area (Å²) in [6.07, 6.45) is -0.414. The fourth-order valence-corrected chi connectivity index (χ4v) is 7.36. The minimum absolute atomic E-state index is 0.414. The van der Waals surface area contributed by atoms with Crippen molar-refractivity contribution < 1.29 is 4.42 Å². The first-order valence-corrected chi connectivity index (χ1v) is 17.3. The molecule has 1 aromatic heterocycles. The van der Waals surface area contributed by atoms with Crippen molar-refractivity contribution in [3.05, 3.63) is 193 Å². The zero-order valence-electron chi connectivity index (χ0n) is 27.6. The van der Waals surface area contributed by atoms with Crippen LogP contribution in [0.15, 0.2) is 190 Å². The lowest BCUT2D eigenvalue weighted by molar-refractivity contribution is 0.669. The Morgan fingerprint density at radius 3 is 1.84 bits per heavy atom. The van der Waals surface area contributed by atoms with Gasteiger partial charge in [0.05, 0.1) is 0 Å². The quantitative estimate of drug-likeness (QED) is 0.188. The van der Waals surface area contributed by atoms with E-state index in [2.05, 4.69) is 145 Å². The van der Waals surface area contributed by atoms with Crippen molar-refractivity contribution in [3.63, 3.8) is 0 Å². The summed E-state index contributed by atoms with van der Waals surface area (Å²) in [7, 11) is 0. The van der Waals surface area contributed by atoms with E-state index < -0.39 is 6.17 Å². The Kier molecular flexibility index (Phi) is 6.85. The topological polar surface area (TPSA) is 49.9 Å². The number of hydrogen-bond acceptors (Lipinski definition) is 4. The molecule has 1 atom stereocenters. The van der Waals surface area contributed by atoms with Gasteiger partial charge in [-0.25, -0.2) is 9.98 Å². The number of nitrogens with zero attached hydrogens (tertiary/aromatic N) is 2. The third-order valence-electron chi connectivity index (χ3n) is 9.91. The monoisotopic (exact) mass is 653 g/mol. The highest BCUT2D eigenvalue weighted by molar-refractivity contribution is 6.18. The van der Waals surface area contributed by atoms with Gasteiger partial charge in [0.1, 0.15) is 22.8 Å². The van der Waals surface area contributed by atoms with Crippen LogP contribution in [0.1, 0.15) is 22.9 Å². The van der Waals surface area contributed by atoms with Crippen LogP contribution in [0.4, 0.5) is 0 Å². The van der Waals surface area contributed by atoms with Crippen molar-refractivity contribution in [1.82, 2.24) is 5.32 Å². The largest absolute Gasteiger partial charge is 0.456 e. The van der Waals surface area contributed by atoms with Gasteiger partial charge in [0.15, 0.2) is 6.17 Å². The molecule has 0 fully saturated rings. The van der Waals surface area contributed by atoms with Gasteiger partial charge in [-0.1, -0.05) is 152 Å². The van der Waals surface area contributed by atoms with Crippen LogP contribution in [-0.4, -0.2) is 11.7 Å². The molecular weight excluding hydrogens is 623 g/mol. The van der Waals surface area contributed by atoms with Crippen molar-refractivity contribution in [3.8, 4) is 22.3 Å². The molecule has 1 aliphatic heterocycles. The number of rotatable bonds is 5. The van der Waals surface area contributed by atoms with Gasteiger partial charge in [-0.3, -0.25) is 0 Å². The average Bonchev–Trinajstić information content (AvgIpc) is 3.59. The highest BCUT2D eigenvalue weighted by atomic mass is 16.3. The standard InChI is InChI=1S/C47H31N3O/c1-3-11-30(12-4-1)37-28-41(44-40-17-9-10-18-42(40)51-43(44)29-37)32-19-22-34(23-20-32)46-48-45(33-14-5-2-6-15-33)49-47(50-46)36-25-26-39-35(27-36)24-21-31-13-7-8-16-38(31)39/h1-29,46H,(H,48,49,50). The van der Waals surface area contributed by atoms with Crippen molar-refractivity contribution in [2.75, 3.05) is 0 Å². The molecule has 0 amide bonds. The molecule has 240 valence electrons. The van der Waals surface area contributed by atoms with Gasteiger partial charge in [0.2, 0.25) is 0 Å². The lowest BCUT2D eigenvalue weighted by Gasteiger charge is -2.23. The molecule has 1 N–H and O–H groups in total. The van der Waals surface area contributed by atoms with Crippen molar-refractivity contribution in [2.24, 2.45) is 9.98 Å². The van der Waals surface area contributed by atoms with Gasteiger partial charge in [-0.2, -0.15) is 0 Å². The molecule has 0 radical (unpaired) electrons. The predicted octanol–water partition coefficient (Wildman–Crippen LogP) is 11.7. The SMILES string of the molecule is c1ccc(C2=NC(c3ccc(-c4cc(-c5ccccc5)cc5oc6ccccc6c45)cc3)N=C(c3ccc4c(ccc5ccccc54)c3)N2)cc1. The molecular formula is C47H31N3O. The smallest absolute Gasteiger partial charge is 0.169 e. The van der Waals surface area contributed by atoms with Gasteiger partial charge in [-0.15, -0.1) is 0 Å². The normalized spacial score (nSPS) is 14.5. The number of aliphatic imine (C=N–C) groups is 2. The maximum Gasteiger partial charge on any atom is 0.169 e. The molecule has 8 aromatic carbocycles. The highest BCUT2D eigenvalue weighted by Gasteiger charge is 2.22. The van der Waals surface area contributed by atoms with Gasteiger partial charge in [-0.05, 0) is 73.6 Å². The Balaban J connectivity index is 1.08. The molecule has 4 heteroatoms. The van der Waals surface area contributed by atoms with Crippen molar-refractivity contribution in [2.45, 2.75) is 6.17 Å². The number of furan rings is 1. The van der Waals surface area contributed by atoms with Gasteiger partial charge >= 0.3 is 0 Å². The number of hydrogen-bond donors (Lipinski definition) is 1. The van der Waals surface area contributed by atoms with Crippen LogP contribution in [0.5, 0.6) is 0 Å². The first-order valence-electron chi connectivity index (χ1n) is 17.3. The maximum absolute atomic E-state index is 6.41. The van der Waals surface area contributed by atoms with Crippen LogP contribution in [0, 0.1) is 0 Å². The van der Waals surface area contributed by atoms with E-state index in [9.17, 15) is 0 Å². The fraction of sp³-hybridized carbons (Fsp3) is 0.0213. The Hall–Kier alpha value is -6.78. The van der Waals surface area contributed by atoms with Crippen LogP contribution in [-0.2, 0) is 0 Å². The van der Waals surface area contributed by atoms with E-state index >= 15 is 0 Å². The van der Waals surface area contributed by atoms with E-state index in [4.69, 9.17) is 14.4 Å². The Morgan fingerprint density at radius 1 is 0.412 bits per heavy atom. The average molecular weight is 654 g/mol. The molecule has 1 aliphatic rings. The molecule has 0 bridgehead atoms. The van der Waals surface area contributed by atoms with Crippen LogP contribution in [0.2, 0.25) is 0 Å². The molecule has 0 spiro atoms. The van der Waals surface area contributed by atoms with E-state index in [1.165, 1.54) is 21.5 Å². The summed E-state index contributed by atoms with van der Waals surface area (Å²) in [5.74, 6) is 1.60. The molecule has 1 unspecified atom stereocenters. The second-order valence-corrected chi connectivity index (χ2v) is 13.0. The Bertz CT molecular complexity index is 2820. The molecule has 2 heterocycles. The summed E-state index contributed by atoms with van der Waals surface area (Å²) in [6, 6.07) is 61.7. The number of benzene rings is 8. The minimum atomic E-state index is -0.414. The van der Waals surface area contributed by atoms with Crippen LogP contribution in [0.3, 0.4) is 0 Å². The van der Waals surface area contributed by atoms with Crippen molar-refractivity contribution >= 4 is 55.2 Å². The third-order valence-corrected chi connectivity index (χ3v) is 9.91. The minimum Gasteiger partial charge on any atom is -0.456 e. The van der Waals surface area contributed by atoms with Crippen molar-refractivity contribution in [1.29, 1.82) is 0 Å². The zero-order valence-corrected chi connectivity index (χ0v) is 27.6. The van der Waals surface area contributed by atoms with Gasteiger partial charge in [0, 0.05) is 21.9 Å². The summed E-state index contributed by atoms with van der Waals surface area (Å²) in [6.45, 7) is 0.